The van der Waals surface area contributed by atoms with Crippen LogP contribution in [0, 0.1) is 0 Å². The third-order valence-corrected chi connectivity index (χ3v) is 4.75. The molecule has 0 aliphatic carbocycles. The molecule has 0 fully saturated rings. The molecule has 0 N–H and O–H groups in total. The van der Waals surface area contributed by atoms with Gasteiger partial charge in [0.2, 0.25) is 0 Å². The van der Waals surface area contributed by atoms with E-state index in [9.17, 15) is 9.59 Å². The van der Waals surface area contributed by atoms with Crippen LogP contribution in [0.3, 0.4) is 0 Å². The van der Waals surface area contributed by atoms with E-state index in [0.717, 1.165) is 10.1 Å². The van der Waals surface area contributed by atoms with Crippen LogP contribution in [-0.2, 0) is 30.4 Å². The van der Waals surface area contributed by atoms with Crippen molar-refractivity contribution in [2.75, 3.05) is 7.11 Å². The van der Waals surface area contributed by atoms with Gasteiger partial charge >= 0.3 is 5.69 Å². The molecule has 0 radical (unpaired) electrons. The molecule has 2 heterocycles. The fourth-order valence-corrected chi connectivity index (χ4v) is 3.06. The Hall–Kier alpha value is -2.23. The summed E-state index contributed by atoms with van der Waals surface area (Å²) in [5, 5.41) is 0. The van der Waals surface area contributed by atoms with Crippen molar-refractivity contribution in [1.29, 1.82) is 0 Å². The molecule has 9 heteroatoms. The van der Waals surface area contributed by atoms with Gasteiger partial charge in [-0.05, 0) is 21.5 Å². The third-order valence-electron chi connectivity index (χ3n) is 4.04. The van der Waals surface area contributed by atoms with Gasteiger partial charge in [0.1, 0.15) is 6.10 Å². The Balaban J connectivity index is 2.16. The summed E-state index contributed by atoms with van der Waals surface area (Å²) in [5.41, 5.74) is 0.551. The maximum atomic E-state index is 12.9. The van der Waals surface area contributed by atoms with Crippen molar-refractivity contribution < 1.29 is 9.78 Å². The number of hydrogen-bond acceptors (Lipinski definition) is 5. The first-order chi connectivity index (χ1) is 12.0. The SMILES string of the molecule is COOC(Cn1c(=O)c2c(nc(Br)n2C)n(C)c1=O)c1ccccc1. The molecule has 0 aliphatic rings. The van der Waals surface area contributed by atoms with E-state index in [1.165, 1.54) is 11.7 Å². The van der Waals surface area contributed by atoms with Crippen molar-refractivity contribution in [3.63, 3.8) is 0 Å². The Kier molecular flexibility index (Phi) is 4.89. The molecular formula is C16H17BrN4O4. The van der Waals surface area contributed by atoms with Gasteiger partial charge < -0.3 is 4.57 Å². The van der Waals surface area contributed by atoms with Crippen LogP contribution in [0.5, 0.6) is 0 Å². The van der Waals surface area contributed by atoms with Gasteiger partial charge in [-0.2, -0.15) is 0 Å². The van der Waals surface area contributed by atoms with E-state index in [4.69, 9.17) is 9.78 Å². The Morgan fingerprint density at radius 2 is 1.84 bits per heavy atom. The smallest absolute Gasteiger partial charge is 0.316 e. The molecule has 0 aliphatic heterocycles. The van der Waals surface area contributed by atoms with Gasteiger partial charge in [0.05, 0.1) is 13.7 Å². The molecule has 3 aromatic rings. The Morgan fingerprint density at radius 1 is 1.16 bits per heavy atom. The number of imidazole rings is 1. The summed E-state index contributed by atoms with van der Waals surface area (Å²) in [6.45, 7) is 0.0160. The van der Waals surface area contributed by atoms with Crippen LogP contribution >= 0.6 is 15.9 Å². The summed E-state index contributed by atoms with van der Waals surface area (Å²) < 4.78 is 4.55. The van der Waals surface area contributed by atoms with E-state index in [-0.39, 0.29) is 6.54 Å². The maximum Gasteiger partial charge on any atom is 0.332 e. The summed E-state index contributed by atoms with van der Waals surface area (Å²) in [7, 11) is 4.67. The zero-order valence-corrected chi connectivity index (χ0v) is 15.6. The van der Waals surface area contributed by atoms with E-state index < -0.39 is 17.4 Å². The predicted molar refractivity (Wildman–Crippen MR) is 95.2 cm³/mol. The summed E-state index contributed by atoms with van der Waals surface area (Å²) in [6, 6.07) is 9.27. The van der Waals surface area contributed by atoms with E-state index in [2.05, 4.69) is 20.9 Å². The van der Waals surface area contributed by atoms with Crippen molar-refractivity contribution in [3.8, 4) is 0 Å². The van der Waals surface area contributed by atoms with Gasteiger partial charge in [-0.15, -0.1) is 0 Å². The fraction of sp³-hybridized carbons (Fsp3) is 0.312. The average Bonchev–Trinajstić information content (AvgIpc) is 2.92. The zero-order valence-electron chi connectivity index (χ0n) is 14.0. The fourth-order valence-electron chi connectivity index (χ4n) is 2.72. The van der Waals surface area contributed by atoms with Gasteiger partial charge in [-0.1, -0.05) is 30.3 Å². The number of aromatic nitrogens is 4. The van der Waals surface area contributed by atoms with Gasteiger partial charge in [-0.25, -0.2) is 19.6 Å². The first-order valence-corrected chi connectivity index (χ1v) is 8.31. The van der Waals surface area contributed by atoms with Crippen molar-refractivity contribution >= 4 is 27.1 Å². The second-order valence-corrected chi connectivity index (χ2v) is 6.24. The largest absolute Gasteiger partial charge is 0.332 e. The summed E-state index contributed by atoms with van der Waals surface area (Å²) >= 11 is 3.28. The van der Waals surface area contributed by atoms with Crippen LogP contribution in [0.25, 0.3) is 11.2 Å². The van der Waals surface area contributed by atoms with E-state index in [1.54, 1.807) is 18.7 Å². The number of benzene rings is 1. The lowest BCUT2D eigenvalue weighted by atomic mass is 10.1. The van der Waals surface area contributed by atoms with Crippen molar-refractivity contribution in [2.45, 2.75) is 12.6 Å². The molecule has 8 nitrogen and oxygen atoms in total. The number of hydrogen-bond donors (Lipinski definition) is 0. The molecule has 0 bridgehead atoms. The number of aryl methyl sites for hydroxylation is 2. The van der Waals surface area contributed by atoms with Gasteiger partial charge in [0.15, 0.2) is 15.9 Å². The number of nitrogens with zero attached hydrogens (tertiary/aromatic N) is 4. The van der Waals surface area contributed by atoms with Gasteiger partial charge in [0.25, 0.3) is 5.56 Å². The standard InChI is InChI=1S/C16H17BrN4O4/c1-19-12-13(18-15(19)17)20(2)16(23)21(14(12)22)9-11(25-24-3)10-7-5-4-6-8-10/h4-8,11H,9H2,1-3H3. The van der Waals surface area contributed by atoms with Crippen LogP contribution < -0.4 is 11.2 Å². The zero-order chi connectivity index (χ0) is 18.1. The Labute approximate surface area is 151 Å². The molecule has 0 amide bonds. The molecule has 25 heavy (non-hydrogen) atoms. The van der Waals surface area contributed by atoms with Crippen molar-refractivity contribution in [3.05, 3.63) is 61.5 Å². The first-order valence-electron chi connectivity index (χ1n) is 7.51. The molecule has 2 aromatic heterocycles. The van der Waals surface area contributed by atoms with Crippen molar-refractivity contribution in [2.24, 2.45) is 14.1 Å². The van der Waals surface area contributed by atoms with Crippen LogP contribution in [0.2, 0.25) is 0 Å². The summed E-state index contributed by atoms with van der Waals surface area (Å²) in [6.07, 6.45) is -0.606. The summed E-state index contributed by atoms with van der Waals surface area (Å²) in [5.74, 6) is 0. The molecule has 0 saturated carbocycles. The second-order valence-electron chi connectivity index (χ2n) is 5.53. The Morgan fingerprint density at radius 3 is 2.48 bits per heavy atom. The quantitative estimate of drug-likeness (QED) is 0.363. The predicted octanol–water partition coefficient (Wildman–Crippen LogP) is 1.52. The second kappa shape index (κ2) is 6.95. The molecule has 0 spiro atoms. The van der Waals surface area contributed by atoms with Crippen LogP contribution in [-0.4, -0.2) is 25.8 Å². The molecule has 132 valence electrons. The molecular weight excluding hydrogens is 392 g/mol. The third kappa shape index (κ3) is 3.06. The lowest BCUT2D eigenvalue weighted by Gasteiger charge is -2.17. The number of rotatable bonds is 5. The lowest BCUT2D eigenvalue weighted by molar-refractivity contribution is -0.310. The van der Waals surface area contributed by atoms with E-state index in [1.807, 2.05) is 30.3 Å². The van der Waals surface area contributed by atoms with Gasteiger partial charge in [-0.3, -0.25) is 13.9 Å². The maximum absolute atomic E-state index is 12.9. The first kappa shape index (κ1) is 17.6. The lowest BCUT2D eigenvalue weighted by Crippen LogP contribution is -2.41. The topological polar surface area (TPSA) is 80.3 Å². The minimum absolute atomic E-state index is 0.0160. The van der Waals surface area contributed by atoms with Crippen molar-refractivity contribution in [1.82, 2.24) is 18.7 Å². The molecule has 0 saturated heterocycles. The molecule has 1 aromatic carbocycles. The number of fused-ring (bicyclic) bond motifs is 1. The average molecular weight is 409 g/mol. The highest BCUT2D eigenvalue weighted by Crippen LogP contribution is 2.19. The normalized spacial score (nSPS) is 12.6. The number of halogens is 1. The minimum Gasteiger partial charge on any atom is -0.316 e. The highest BCUT2D eigenvalue weighted by Gasteiger charge is 2.21. The highest BCUT2D eigenvalue weighted by atomic mass is 79.9. The van der Waals surface area contributed by atoms with Crippen LogP contribution in [0.15, 0.2) is 44.7 Å². The van der Waals surface area contributed by atoms with Crippen LogP contribution in [0.1, 0.15) is 11.7 Å². The van der Waals surface area contributed by atoms with E-state index >= 15 is 0 Å². The molecule has 1 unspecified atom stereocenters. The molecule has 3 rings (SSSR count). The Bertz CT molecular complexity index is 1020. The monoisotopic (exact) mass is 408 g/mol. The summed E-state index contributed by atoms with van der Waals surface area (Å²) in [4.78, 5) is 39.9. The van der Waals surface area contributed by atoms with Crippen LogP contribution in [0.4, 0.5) is 0 Å². The van der Waals surface area contributed by atoms with E-state index in [0.29, 0.717) is 15.9 Å². The minimum atomic E-state index is -0.606. The molecule has 1 atom stereocenters. The highest BCUT2D eigenvalue weighted by molar-refractivity contribution is 9.10. The van der Waals surface area contributed by atoms with Gasteiger partial charge in [0, 0.05) is 14.1 Å².